The lowest BCUT2D eigenvalue weighted by atomic mass is 9.87. The Labute approximate surface area is 67.9 Å². The molecule has 0 N–H and O–H groups in total. The highest BCUT2D eigenvalue weighted by atomic mass is 16.5. The van der Waals surface area contributed by atoms with Crippen LogP contribution < -0.4 is 0 Å². The molecule has 0 bridgehead atoms. The van der Waals surface area contributed by atoms with Crippen molar-refractivity contribution < 1.29 is 9.53 Å². The van der Waals surface area contributed by atoms with Gasteiger partial charge in [-0.15, -0.1) is 0 Å². The summed E-state index contributed by atoms with van der Waals surface area (Å²) in [6.07, 6.45) is 6.66. The predicted octanol–water partition coefficient (Wildman–Crippen LogP) is 2.09. The number of hydrogen-bond acceptors (Lipinski definition) is 2. The first-order valence-electron chi connectivity index (χ1n) is 4.23. The SMILES string of the molecule is COC(=O)C[C]1CCCCC1. The van der Waals surface area contributed by atoms with E-state index < -0.39 is 0 Å². The molecule has 1 aliphatic carbocycles. The van der Waals surface area contributed by atoms with Gasteiger partial charge >= 0.3 is 5.97 Å². The molecule has 1 fully saturated rings. The lowest BCUT2D eigenvalue weighted by Gasteiger charge is -2.19. The summed E-state index contributed by atoms with van der Waals surface area (Å²) >= 11 is 0. The molecule has 0 spiro atoms. The van der Waals surface area contributed by atoms with Gasteiger partial charge in [-0.1, -0.05) is 19.3 Å². The van der Waals surface area contributed by atoms with Crippen LogP contribution >= 0.6 is 0 Å². The third kappa shape index (κ3) is 2.91. The van der Waals surface area contributed by atoms with E-state index in [9.17, 15) is 4.79 Å². The molecule has 2 heteroatoms. The second kappa shape index (κ2) is 4.37. The van der Waals surface area contributed by atoms with Crippen LogP contribution in [0.4, 0.5) is 0 Å². The van der Waals surface area contributed by atoms with E-state index in [0.717, 1.165) is 12.8 Å². The summed E-state index contributed by atoms with van der Waals surface area (Å²) in [5.74, 6) is 1.30. The number of methoxy groups -OCH3 is 1. The van der Waals surface area contributed by atoms with Gasteiger partial charge in [-0.2, -0.15) is 0 Å². The van der Waals surface area contributed by atoms with Gasteiger partial charge in [0, 0.05) is 0 Å². The maximum Gasteiger partial charge on any atom is 0.306 e. The molecule has 0 atom stereocenters. The predicted molar refractivity (Wildman–Crippen MR) is 43.0 cm³/mol. The normalized spacial score (nSPS) is 19.7. The maximum absolute atomic E-state index is 10.8. The lowest BCUT2D eigenvalue weighted by molar-refractivity contribution is -0.140. The van der Waals surface area contributed by atoms with Crippen molar-refractivity contribution in [1.29, 1.82) is 0 Å². The number of ether oxygens (including phenoxy) is 1. The molecule has 2 nitrogen and oxygen atoms in total. The van der Waals surface area contributed by atoms with Crippen LogP contribution in [0.1, 0.15) is 38.5 Å². The second-order valence-electron chi connectivity index (χ2n) is 3.06. The van der Waals surface area contributed by atoms with Crippen molar-refractivity contribution in [3.05, 3.63) is 5.92 Å². The molecule has 1 saturated carbocycles. The third-order valence-electron chi connectivity index (χ3n) is 2.18. The summed E-state index contributed by atoms with van der Waals surface area (Å²) in [7, 11) is 1.45. The molecule has 0 aromatic heterocycles. The van der Waals surface area contributed by atoms with Crippen LogP contribution in [0.2, 0.25) is 0 Å². The van der Waals surface area contributed by atoms with E-state index in [1.165, 1.54) is 32.3 Å². The van der Waals surface area contributed by atoms with Gasteiger partial charge in [0.25, 0.3) is 0 Å². The molecular formula is C9H15O2. The standard InChI is InChI=1S/C9H15O2/c1-11-9(10)7-8-5-3-2-4-6-8/h2-7H2,1H3. The highest BCUT2D eigenvalue weighted by Gasteiger charge is 2.17. The largest absolute Gasteiger partial charge is 0.469 e. The molecular weight excluding hydrogens is 140 g/mol. The van der Waals surface area contributed by atoms with Gasteiger partial charge in [-0.3, -0.25) is 4.79 Å². The van der Waals surface area contributed by atoms with Crippen LogP contribution in [-0.2, 0) is 9.53 Å². The smallest absolute Gasteiger partial charge is 0.306 e. The zero-order chi connectivity index (χ0) is 8.10. The van der Waals surface area contributed by atoms with Crippen LogP contribution in [-0.4, -0.2) is 13.1 Å². The van der Waals surface area contributed by atoms with E-state index >= 15 is 0 Å². The number of hydrogen-bond donors (Lipinski definition) is 0. The molecule has 0 heterocycles. The molecule has 0 saturated heterocycles. The summed E-state index contributed by atoms with van der Waals surface area (Å²) < 4.78 is 4.59. The van der Waals surface area contributed by atoms with Crippen molar-refractivity contribution in [1.82, 2.24) is 0 Å². The Bertz CT molecular complexity index is 126. The van der Waals surface area contributed by atoms with E-state index in [0.29, 0.717) is 6.42 Å². The van der Waals surface area contributed by atoms with Crippen molar-refractivity contribution >= 4 is 5.97 Å². The molecule has 11 heavy (non-hydrogen) atoms. The zero-order valence-electron chi connectivity index (χ0n) is 7.06. The summed E-state index contributed by atoms with van der Waals surface area (Å²) in [5, 5.41) is 0. The monoisotopic (exact) mass is 155 g/mol. The third-order valence-corrected chi connectivity index (χ3v) is 2.18. The van der Waals surface area contributed by atoms with Crippen LogP contribution in [0.3, 0.4) is 0 Å². The number of carbonyl (C=O) groups is 1. The summed E-state index contributed by atoms with van der Waals surface area (Å²) in [4.78, 5) is 10.8. The first kappa shape index (κ1) is 8.57. The first-order valence-corrected chi connectivity index (χ1v) is 4.23. The molecule has 0 aromatic rings. The van der Waals surface area contributed by atoms with Crippen molar-refractivity contribution in [2.45, 2.75) is 38.5 Å². The average molecular weight is 155 g/mol. The summed E-state index contributed by atoms with van der Waals surface area (Å²) in [5.41, 5.74) is 0. The average Bonchev–Trinajstić information content (AvgIpc) is 2.06. The van der Waals surface area contributed by atoms with Gasteiger partial charge in [0.2, 0.25) is 0 Å². The fourth-order valence-electron chi connectivity index (χ4n) is 1.50. The summed E-state index contributed by atoms with van der Waals surface area (Å²) in [6.45, 7) is 0. The van der Waals surface area contributed by atoms with Gasteiger partial charge in [0.15, 0.2) is 0 Å². The highest BCUT2D eigenvalue weighted by Crippen LogP contribution is 2.28. The molecule has 0 aliphatic heterocycles. The summed E-state index contributed by atoms with van der Waals surface area (Å²) in [6, 6.07) is 0. The molecule has 0 aromatic carbocycles. The van der Waals surface area contributed by atoms with Crippen LogP contribution in [0, 0.1) is 5.92 Å². The Kier molecular flexibility index (Phi) is 3.40. The Morgan fingerprint density at radius 1 is 1.36 bits per heavy atom. The van der Waals surface area contributed by atoms with E-state index in [4.69, 9.17) is 0 Å². The lowest BCUT2D eigenvalue weighted by Crippen LogP contribution is -2.10. The Balaban J connectivity index is 2.19. The molecule has 0 unspecified atom stereocenters. The number of carbonyl (C=O) groups excluding carboxylic acids is 1. The van der Waals surface area contributed by atoms with Gasteiger partial charge in [-0.05, 0) is 18.8 Å². The molecule has 1 radical (unpaired) electrons. The van der Waals surface area contributed by atoms with Crippen molar-refractivity contribution in [3.8, 4) is 0 Å². The fourth-order valence-corrected chi connectivity index (χ4v) is 1.50. The van der Waals surface area contributed by atoms with E-state index in [1.54, 1.807) is 0 Å². The van der Waals surface area contributed by atoms with E-state index in [1.807, 2.05) is 0 Å². The Morgan fingerprint density at radius 3 is 2.55 bits per heavy atom. The Morgan fingerprint density at radius 2 is 2.00 bits per heavy atom. The van der Waals surface area contributed by atoms with Crippen molar-refractivity contribution in [2.24, 2.45) is 0 Å². The minimum absolute atomic E-state index is 0.0816. The Hall–Kier alpha value is -0.530. The quantitative estimate of drug-likeness (QED) is 0.571. The van der Waals surface area contributed by atoms with Gasteiger partial charge in [0.1, 0.15) is 0 Å². The zero-order valence-corrected chi connectivity index (χ0v) is 7.06. The molecule has 0 amide bonds. The van der Waals surface area contributed by atoms with Crippen LogP contribution in [0.15, 0.2) is 0 Å². The first-order chi connectivity index (χ1) is 5.33. The van der Waals surface area contributed by atoms with Crippen LogP contribution in [0.5, 0.6) is 0 Å². The van der Waals surface area contributed by atoms with Gasteiger partial charge in [0.05, 0.1) is 13.5 Å². The second-order valence-corrected chi connectivity index (χ2v) is 3.06. The highest BCUT2D eigenvalue weighted by molar-refractivity contribution is 5.71. The minimum Gasteiger partial charge on any atom is -0.469 e. The van der Waals surface area contributed by atoms with Gasteiger partial charge in [-0.25, -0.2) is 0 Å². The maximum atomic E-state index is 10.8. The van der Waals surface area contributed by atoms with E-state index in [-0.39, 0.29) is 5.97 Å². The van der Waals surface area contributed by atoms with Crippen molar-refractivity contribution in [3.63, 3.8) is 0 Å². The number of rotatable bonds is 2. The fraction of sp³-hybridized carbons (Fsp3) is 0.778. The topological polar surface area (TPSA) is 26.3 Å². The molecule has 63 valence electrons. The van der Waals surface area contributed by atoms with E-state index in [2.05, 4.69) is 4.74 Å². The van der Waals surface area contributed by atoms with Crippen molar-refractivity contribution in [2.75, 3.05) is 7.11 Å². The molecule has 1 rings (SSSR count). The minimum atomic E-state index is -0.0816. The number of esters is 1. The van der Waals surface area contributed by atoms with Gasteiger partial charge < -0.3 is 4.74 Å². The molecule has 1 aliphatic rings. The van der Waals surface area contributed by atoms with Crippen LogP contribution in [0.25, 0.3) is 0 Å².